The van der Waals surface area contributed by atoms with Gasteiger partial charge in [-0.2, -0.15) is 10.2 Å². The monoisotopic (exact) mass is 393 g/mol. The molecule has 0 unspecified atom stereocenters. The van der Waals surface area contributed by atoms with Crippen molar-refractivity contribution in [2.45, 2.75) is 11.3 Å². The maximum Gasteiger partial charge on any atom is 0.228 e. The van der Waals surface area contributed by atoms with Crippen molar-refractivity contribution >= 4 is 32.8 Å². The molecule has 3 rings (SSSR count). The molecule has 0 atom stereocenters. The molecule has 0 saturated heterocycles. The lowest BCUT2D eigenvalue weighted by atomic mass is 10.1. The first-order chi connectivity index (χ1) is 13.4. The van der Waals surface area contributed by atoms with Crippen molar-refractivity contribution < 1.29 is 13.2 Å². The van der Waals surface area contributed by atoms with Crippen LogP contribution >= 0.6 is 0 Å². The molecule has 142 valence electrons. The summed E-state index contributed by atoms with van der Waals surface area (Å²) in [5, 5.41) is 11.1. The van der Waals surface area contributed by atoms with Gasteiger partial charge in [0.05, 0.1) is 22.7 Å². The van der Waals surface area contributed by atoms with E-state index in [4.69, 9.17) is 0 Å². The van der Waals surface area contributed by atoms with Crippen LogP contribution in [0.2, 0.25) is 0 Å². The molecule has 0 aliphatic rings. The van der Waals surface area contributed by atoms with E-state index in [1.54, 1.807) is 36.4 Å². The zero-order valence-electron chi connectivity index (χ0n) is 15.2. The van der Waals surface area contributed by atoms with Crippen molar-refractivity contribution in [1.29, 1.82) is 0 Å². The fraction of sp³-hybridized carbons (Fsp3) is 0.0952. The summed E-state index contributed by atoms with van der Waals surface area (Å²) in [5.41, 5.74) is 2.83. The van der Waals surface area contributed by atoms with E-state index in [1.807, 2.05) is 30.3 Å². The average Bonchev–Trinajstić information content (AvgIpc) is 2.68. The largest absolute Gasteiger partial charge is 0.326 e. The van der Waals surface area contributed by atoms with Crippen LogP contribution in [0.4, 0.5) is 17.1 Å². The second-order valence-electron chi connectivity index (χ2n) is 6.22. The zero-order chi connectivity index (χ0) is 20.0. The molecule has 0 aliphatic carbocycles. The van der Waals surface area contributed by atoms with Crippen molar-refractivity contribution in [3.05, 3.63) is 84.4 Å². The van der Waals surface area contributed by atoms with Gasteiger partial charge in [-0.25, -0.2) is 8.42 Å². The van der Waals surface area contributed by atoms with Gasteiger partial charge in [0.15, 0.2) is 9.84 Å². The first-order valence-corrected chi connectivity index (χ1v) is 10.4. The number of anilines is 1. The fourth-order valence-corrected chi connectivity index (χ4v) is 3.10. The summed E-state index contributed by atoms with van der Waals surface area (Å²) in [4.78, 5) is 12.4. The number of rotatable bonds is 6. The minimum Gasteiger partial charge on any atom is -0.326 e. The average molecular weight is 393 g/mol. The van der Waals surface area contributed by atoms with Crippen molar-refractivity contribution in [1.82, 2.24) is 0 Å². The van der Waals surface area contributed by atoms with E-state index in [0.717, 1.165) is 17.5 Å². The van der Waals surface area contributed by atoms with Gasteiger partial charge in [-0.15, -0.1) is 0 Å². The Morgan fingerprint density at radius 1 is 0.821 bits per heavy atom. The normalized spacial score (nSPS) is 11.5. The molecular weight excluding hydrogens is 374 g/mol. The van der Waals surface area contributed by atoms with Crippen LogP contribution in [0.15, 0.2) is 94.0 Å². The van der Waals surface area contributed by atoms with Gasteiger partial charge in [0.1, 0.15) is 0 Å². The molecule has 1 N–H and O–H groups in total. The Bertz CT molecular complexity index is 1080. The number of amides is 1. The quantitative estimate of drug-likeness (QED) is 0.616. The van der Waals surface area contributed by atoms with Crippen LogP contribution in [-0.4, -0.2) is 20.6 Å². The van der Waals surface area contributed by atoms with Crippen LogP contribution in [0, 0.1) is 0 Å². The highest BCUT2D eigenvalue weighted by atomic mass is 32.2. The van der Waals surface area contributed by atoms with E-state index < -0.39 is 9.84 Å². The van der Waals surface area contributed by atoms with Crippen LogP contribution in [0.3, 0.4) is 0 Å². The lowest BCUT2D eigenvalue weighted by Crippen LogP contribution is -2.14. The highest BCUT2D eigenvalue weighted by Gasteiger charge is 2.08. The molecule has 0 heterocycles. The molecule has 0 bridgehead atoms. The highest BCUT2D eigenvalue weighted by molar-refractivity contribution is 7.90. The molecule has 0 radical (unpaired) electrons. The van der Waals surface area contributed by atoms with Crippen LogP contribution in [-0.2, 0) is 21.1 Å². The second kappa shape index (κ2) is 8.58. The Hall–Kier alpha value is -3.32. The zero-order valence-corrected chi connectivity index (χ0v) is 16.1. The van der Waals surface area contributed by atoms with Gasteiger partial charge in [-0.3, -0.25) is 4.79 Å². The minimum atomic E-state index is -3.24. The topological polar surface area (TPSA) is 88.0 Å². The third-order valence-electron chi connectivity index (χ3n) is 3.90. The number of carbonyl (C=O) groups is 1. The summed E-state index contributed by atoms with van der Waals surface area (Å²) in [6, 6.07) is 22.8. The lowest BCUT2D eigenvalue weighted by Gasteiger charge is -2.06. The van der Waals surface area contributed by atoms with E-state index in [0.29, 0.717) is 11.4 Å². The molecule has 7 heteroatoms. The van der Waals surface area contributed by atoms with Crippen molar-refractivity contribution in [2.24, 2.45) is 10.2 Å². The Labute approximate surface area is 163 Å². The maximum atomic E-state index is 12.2. The molecule has 0 fully saturated rings. The number of hydrogen-bond acceptors (Lipinski definition) is 5. The van der Waals surface area contributed by atoms with Crippen LogP contribution in [0.1, 0.15) is 5.56 Å². The molecule has 6 nitrogen and oxygen atoms in total. The summed E-state index contributed by atoms with van der Waals surface area (Å²) in [5.74, 6) is -0.189. The van der Waals surface area contributed by atoms with Crippen LogP contribution in [0.5, 0.6) is 0 Å². The number of benzene rings is 3. The Morgan fingerprint density at radius 2 is 1.39 bits per heavy atom. The number of nitrogens with zero attached hydrogens (tertiary/aromatic N) is 2. The van der Waals surface area contributed by atoms with E-state index in [9.17, 15) is 13.2 Å². The Balaban J connectivity index is 1.58. The molecule has 28 heavy (non-hydrogen) atoms. The van der Waals surface area contributed by atoms with E-state index >= 15 is 0 Å². The predicted octanol–water partition coefficient (Wildman–Crippen LogP) is 4.69. The van der Waals surface area contributed by atoms with Gasteiger partial charge in [-0.05, 0) is 54.1 Å². The van der Waals surface area contributed by atoms with Gasteiger partial charge in [0.25, 0.3) is 0 Å². The van der Waals surface area contributed by atoms with Crippen molar-refractivity contribution in [3.63, 3.8) is 0 Å². The first-order valence-electron chi connectivity index (χ1n) is 8.56. The molecule has 3 aromatic carbocycles. The SMILES string of the molecule is CS(=O)(=O)c1ccc(CC(=O)Nc2ccc(N=Nc3ccccc3)cc2)cc1. The highest BCUT2D eigenvalue weighted by Crippen LogP contribution is 2.20. The number of nitrogens with one attached hydrogen (secondary N) is 1. The van der Waals surface area contributed by atoms with Gasteiger partial charge in [-0.1, -0.05) is 30.3 Å². The minimum absolute atomic E-state index is 0.152. The first kappa shape index (κ1) is 19.4. The van der Waals surface area contributed by atoms with E-state index in [2.05, 4.69) is 15.5 Å². The lowest BCUT2D eigenvalue weighted by molar-refractivity contribution is -0.115. The Morgan fingerprint density at radius 3 is 1.96 bits per heavy atom. The van der Waals surface area contributed by atoms with Crippen molar-refractivity contribution in [3.8, 4) is 0 Å². The van der Waals surface area contributed by atoms with Gasteiger partial charge < -0.3 is 5.32 Å². The van der Waals surface area contributed by atoms with Gasteiger partial charge in [0, 0.05) is 11.9 Å². The molecule has 0 aliphatic heterocycles. The summed E-state index contributed by atoms with van der Waals surface area (Å²) in [6.07, 6.45) is 1.30. The van der Waals surface area contributed by atoms with E-state index in [-0.39, 0.29) is 17.2 Å². The standard InChI is InChI=1S/C21H19N3O3S/c1-28(26,27)20-13-7-16(8-14-20)15-21(25)22-17-9-11-19(12-10-17)24-23-18-5-3-2-4-6-18/h2-14H,15H2,1H3,(H,22,25). The molecule has 1 amide bonds. The third-order valence-corrected chi connectivity index (χ3v) is 5.03. The summed E-state index contributed by atoms with van der Waals surface area (Å²) >= 11 is 0. The van der Waals surface area contributed by atoms with E-state index in [1.165, 1.54) is 12.1 Å². The smallest absolute Gasteiger partial charge is 0.228 e. The molecule has 3 aromatic rings. The van der Waals surface area contributed by atoms with Crippen molar-refractivity contribution in [2.75, 3.05) is 11.6 Å². The second-order valence-corrected chi connectivity index (χ2v) is 8.24. The molecule has 0 spiro atoms. The molecule has 0 aromatic heterocycles. The summed E-state index contributed by atoms with van der Waals surface area (Å²) in [6.45, 7) is 0. The molecule has 0 saturated carbocycles. The summed E-state index contributed by atoms with van der Waals surface area (Å²) in [7, 11) is -3.24. The third kappa shape index (κ3) is 5.59. The number of hydrogen-bond donors (Lipinski definition) is 1. The molecular formula is C21H19N3O3S. The maximum absolute atomic E-state index is 12.2. The number of carbonyl (C=O) groups excluding carboxylic acids is 1. The van der Waals surface area contributed by atoms with Gasteiger partial charge >= 0.3 is 0 Å². The predicted molar refractivity (Wildman–Crippen MR) is 109 cm³/mol. The fourth-order valence-electron chi connectivity index (χ4n) is 2.47. The van der Waals surface area contributed by atoms with Crippen LogP contribution < -0.4 is 5.32 Å². The van der Waals surface area contributed by atoms with Gasteiger partial charge in [0.2, 0.25) is 5.91 Å². The van der Waals surface area contributed by atoms with Crippen LogP contribution in [0.25, 0.3) is 0 Å². The number of azo groups is 1. The Kier molecular flexibility index (Phi) is 5.96. The summed E-state index contributed by atoms with van der Waals surface area (Å²) < 4.78 is 22.9. The number of sulfone groups is 1.